The Hall–Kier alpha value is -1.19. The Morgan fingerprint density at radius 1 is 1.44 bits per heavy atom. The van der Waals surface area contributed by atoms with Gasteiger partial charge >= 0.3 is 0 Å². The van der Waals surface area contributed by atoms with Gasteiger partial charge in [-0.1, -0.05) is 27.2 Å². The number of hydrogen-bond acceptors (Lipinski definition) is 3. The van der Waals surface area contributed by atoms with Crippen molar-refractivity contribution in [3.05, 3.63) is 5.69 Å². The molecule has 0 atom stereocenters. The van der Waals surface area contributed by atoms with Gasteiger partial charge in [0.1, 0.15) is 5.82 Å². The summed E-state index contributed by atoms with van der Waals surface area (Å²) in [6, 6.07) is 0. The van der Waals surface area contributed by atoms with Crippen LogP contribution in [0.3, 0.4) is 0 Å². The highest BCUT2D eigenvalue weighted by molar-refractivity contribution is 5.64. The Kier molecular flexibility index (Phi) is 4.65. The van der Waals surface area contributed by atoms with E-state index in [-0.39, 0.29) is 0 Å². The topological polar surface area (TPSA) is 55.9 Å². The van der Waals surface area contributed by atoms with E-state index in [9.17, 15) is 0 Å². The predicted molar refractivity (Wildman–Crippen MR) is 69.6 cm³/mol. The summed E-state index contributed by atoms with van der Waals surface area (Å²) < 4.78 is 1.85. The molecule has 1 aromatic heterocycles. The first-order chi connectivity index (χ1) is 7.56. The van der Waals surface area contributed by atoms with E-state index in [1.165, 1.54) is 0 Å². The second kappa shape index (κ2) is 5.77. The van der Waals surface area contributed by atoms with E-state index in [0.717, 1.165) is 43.0 Å². The largest absolute Gasteiger partial charge is 0.394 e. The van der Waals surface area contributed by atoms with Gasteiger partial charge in [-0.25, -0.2) is 0 Å². The van der Waals surface area contributed by atoms with Crippen LogP contribution in [0.5, 0.6) is 0 Å². The first-order valence-electron chi connectivity index (χ1n) is 6.11. The van der Waals surface area contributed by atoms with Crippen LogP contribution >= 0.6 is 0 Å². The zero-order valence-corrected chi connectivity index (χ0v) is 10.9. The molecule has 16 heavy (non-hydrogen) atoms. The number of aromatic nitrogens is 2. The fourth-order valence-electron chi connectivity index (χ4n) is 1.71. The molecule has 1 rings (SSSR count). The first-order valence-corrected chi connectivity index (χ1v) is 6.11. The molecular formula is C12H24N4. The van der Waals surface area contributed by atoms with E-state index >= 15 is 0 Å². The molecule has 0 aromatic carbocycles. The van der Waals surface area contributed by atoms with Crippen molar-refractivity contribution in [2.75, 3.05) is 17.6 Å². The molecule has 1 heterocycles. The monoisotopic (exact) mass is 224 g/mol. The van der Waals surface area contributed by atoms with Crippen LogP contribution in [-0.4, -0.2) is 16.3 Å². The molecule has 0 bridgehead atoms. The maximum absolute atomic E-state index is 6.06. The van der Waals surface area contributed by atoms with Crippen molar-refractivity contribution in [1.29, 1.82) is 0 Å². The van der Waals surface area contributed by atoms with E-state index in [1.54, 1.807) is 0 Å². The molecule has 0 saturated carbocycles. The fraction of sp³-hybridized carbons (Fsp3) is 0.750. The molecule has 0 fully saturated rings. The Balaban J connectivity index is 2.64. The third-order valence-corrected chi connectivity index (χ3v) is 2.66. The third-order valence-electron chi connectivity index (χ3n) is 2.66. The lowest BCUT2D eigenvalue weighted by molar-refractivity contribution is 0.604. The normalized spacial score (nSPS) is 11.1. The lowest BCUT2D eigenvalue weighted by atomic mass is 10.1. The van der Waals surface area contributed by atoms with Gasteiger partial charge in [0.05, 0.1) is 11.4 Å². The molecule has 0 aliphatic carbocycles. The van der Waals surface area contributed by atoms with Crippen LogP contribution in [0, 0.1) is 5.92 Å². The predicted octanol–water partition coefficient (Wildman–Crippen LogP) is 2.41. The molecule has 1 aromatic rings. The Labute approximate surface area is 98.2 Å². The van der Waals surface area contributed by atoms with Gasteiger partial charge in [0.15, 0.2) is 0 Å². The van der Waals surface area contributed by atoms with Crippen molar-refractivity contribution in [2.45, 2.75) is 40.0 Å². The van der Waals surface area contributed by atoms with E-state index in [4.69, 9.17) is 5.73 Å². The summed E-state index contributed by atoms with van der Waals surface area (Å²) in [4.78, 5) is 0. The third kappa shape index (κ3) is 3.15. The van der Waals surface area contributed by atoms with Crippen LogP contribution < -0.4 is 11.1 Å². The van der Waals surface area contributed by atoms with Crippen molar-refractivity contribution in [1.82, 2.24) is 9.78 Å². The summed E-state index contributed by atoms with van der Waals surface area (Å²) in [5, 5.41) is 7.79. The number of nitrogens with one attached hydrogen (secondary N) is 1. The van der Waals surface area contributed by atoms with Gasteiger partial charge in [0.25, 0.3) is 0 Å². The maximum Gasteiger partial charge on any atom is 0.147 e. The molecule has 0 spiro atoms. The minimum absolute atomic E-state index is 0.706. The van der Waals surface area contributed by atoms with Crippen LogP contribution in [0.1, 0.15) is 39.3 Å². The van der Waals surface area contributed by atoms with Crippen molar-refractivity contribution in [3.8, 4) is 0 Å². The summed E-state index contributed by atoms with van der Waals surface area (Å²) in [5.74, 6) is 1.67. The Bertz CT molecular complexity index is 328. The van der Waals surface area contributed by atoms with Crippen LogP contribution in [0.15, 0.2) is 0 Å². The van der Waals surface area contributed by atoms with Gasteiger partial charge in [-0.2, -0.15) is 5.10 Å². The first kappa shape index (κ1) is 12.9. The van der Waals surface area contributed by atoms with Crippen molar-refractivity contribution >= 4 is 11.5 Å². The number of nitrogen functional groups attached to an aromatic ring is 1. The highest BCUT2D eigenvalue weighted by Crippen LogP contribution is 2.23. The quantitative estimate of drug-likeness (QED) is 0.780. The smallest absolute Gasteiger partial charge is 0.147 e. The molecule has 0 aliphatic heterocycles. The summed E-state index contributed by atoms with van der Waals surface area (Å²) in [7, 11) is 1.94. The number of nitrogens with zero attached hydrogens (tertiary/aromatic N) is 2. The molecule has 0 amide bonds. The van der Waals surface area contributed by atoms with Crippen molar-refractivity contribution < 1.29 is 0 Å². The molecule has 4 nitrogen and oxygen atoms in total. The van der Waals surface area contributed by atoms with Gasteiger partial charge in [0.2, 0.25) is 0 Å². The Morgan fingerprint density at radius 2 is 2.12 bits per heavy atom. The lowest BCUT2D eigenvalue weighted by Crippen LogP contribution is -2.09. The molecule has 0 aliphatic rings. The number of anilines is 2. The molecule has 0 radical (unpaired) electrons. The van der Waals surface area contributed by atoms with Crippen molar-refractivity contribution in [3.63, 3.8) is 0 Å². The van der Waals surface area contributed by atoms with Gasteiger partial charge < -0.3 is 11.1 Å². The second-order valence-corrected chi connectivity index (χ2v) is 4.69. The van der Waals surface area contributed by atoms with E-state index < -0.39 is 0 Å². The van der Waals surface area contributed by atoms with Crippen LogP contribution in [0.4, 0.5) is 11.5 Å². The minimum atomic E-state index is 0.706. The zero-order valence-electron chi connectivity index (χ0n) is 10.9. The van der Waals surface area contributed by atoms with E-state index in [2.05, 4.69) is 31.2 Å². The van der Waals surface area contributed by atoms with Crippen LogP contribution in [-0.2, 0) is 13.5 Å². The van der Waals surface area contributed by atoms with Crippen LogP contribution in [0.25, 0.3) is 0 Å². The van der Waals surface area contributed by atoms with Crippen molar-refractivity contribution in [2.24, 2.45) is 13.0 Å². The summed E-state index contributed by atoms with van der Waals surface area (Å²) in [6.07, 6.45) is 3.17. The lowest BCUT2D eigenvalue weighted by Gasteiger charge is -2.09. The minimum Gasteiger partial charge on any atom is -0.394 e. The highest BCUT2D eigenvalue weighted by atomic mass is 15.3. The molecule has 4 heteroatoms. The average Bonchev–Trinajstić information content (AvgIpc) is 2.45. The number of nitrogens with two attached hydrogens (primary N) is 1. The maximum atomic E-state index is 6.06. The Morgan fingerprint density at radius 3 is 2.69 bits per heavy atom. The van der Waals surface area contributed by atoms with E-state index in [1.807, 2.05) is 11.7 Å². The average molecular weight is 224 g/mol. The second-order valence-electron chi connectivity index (χ2n) is 4.69. The summed E-state index contributed by atoms with van der Waals surface area (Å²) in [5.41, 5.74) is 7.89. The van der Waals surface area contributed by atoms with Gasteiger partial charge in [-0.15, -0.1) is 0 Å². The summed E-state index contributed by atoms with van der Waals surface area (Å²) >= 11 is 0. The SMILES string of the molecule is CCCc1nn(C)c(NCCC(C)C)c1N. The molecule has 0 saturated heterocycles. The number of hydrogen-bond donors (Lipinski definition) is 2. The summed E-state index contributed by atoms with van der Waals surface area (Å²) in [6.45, 7) is 7.53. The van der Waals surface area contributed by atoms with Crippen LogP contribution in [0.2, 0.25) is 0 Å². The molecule has 92 valence electrons. The molecular weight excluding hydrogens is 200 g/mol. The molecule has 3 N–H and O–H groups in total. The van der Waals surface area contributed by atoms with Gasteiger partial charge in [-0.05, 0) is 18.8 Å². The standard InChI is InChI=1S/C12H24N4/c1-5-6-10-11(13)12(16(4)15-10)14-8-7-9(2)3/h9,14H,5-8,13H2,1-4H3. The van der Waals surface area contributed by atoms with Gasteiger partial charge in [0, 0.05) is 13.6 Å². The number of rotatable bonds is 6. The number of aryl methyl sites for hydroxylation is 2. The highest BCUT2D eigenvalue weighted by Gasteiger charge is 2.11. The zero-order chi connectivity index (χ0) is 12.1. The van der Waals surface area contributed by atoms with Gasteiger partial charge in [-0.3, -0.25) is 4.68 Å². The molecule has 0 unspecified atom stereocenters. The van der Waals surface area contributed by atoms with E-state index in [0.29, 0.717) is 5.92 Å². The fourth-order valence-corrected chi connectivity index (χ4v) is 1.71.